The summed E-state index contributed by atoms with van der Waals surface area (Å²) in [6.45, 7) is 8.86. The van der Waals surface area contributed by atoms with Gasteiger partial charge in [0.05, 0.1) is 24.0 Å². The second-order valence-electron chi connectivity index (χ2n) is 12.5. The number of aliphatic hydroxyl groups excluding tert-OH is 1. The van der Waals surface area contributed by atoms with Crippen molar-refractivity contribution in [3.8, 4) is 0 Å². The molecule has 0 bridgehead atoms. The van der Waals surface area contributed by atoms with Crippen LogP contribution in [0.5, 0.6) is 0 Å². The third-order valence-electron chi connectivity index (χ3n) is 10.7. The Morgan fingerprint density at radius 1 is 0.906 bits per heavy atom. The lowest BCUT2D eigenvalue weighted by atomic mass is 9.43. The minimum absolute atomic E-state index is 0.0251. The van der Waals surface area contributed by atoms with Crippen molar-refractivity contribution in [1.29, 1.82) is 0 Å². The topological polar surface area (TPSA) is 71.8 Å². The molecule has 4 saturated carbocycles. The van der Waals surface area contributed by atoms with E-state index in [1.807, 2.05) is 38.2 Å². The summed E-state index contributed by atoms with van der Waals surface area (Å²) in [7, 11) is 0. The third kappa shape index (κ3) is 2.68. The van der Waals surface area contributed by atoms with E-state index in [4.69, 9.17) is 9.47 Å². The summed E-state index contributed by atoms with van der Waals surface area (Å²) in [6.07, 6.45) is 8.27. The van der Waals surface area contributed by atoms with Crippen molar-refractivity contribution >= 4 is 0 Å². The zero-order valence-electron chi connectivity index (χ0n) is 20.0. The van der Waals surface area contributed by atoms with Gasteiger partial charge in [-0.2, -0.15) is 0 Å². The van der Waals surface area contributed by atoms with Gasteiger partial charge in [-0.3, -0.25) is 4.98 Å². The Labute approximate surface area is 191 Å². The summed E-state index contributed by atoms with van der Waals surface area (Å²) in [5, 5.41) is 22.7. The second kappa shape index (κ2) is 6.78. The molecule has 4 aliphatic carbocycles. The predicted octanol–water partition coefficient (Wildman–Crippen LogP) is 4.41. The van der Waals surface area contributed by atoms with Crippen molar-refractivity contribution in [1.82, 2.24) is 4.98 Å². The summed E-state index contributed by atoms with van der Waals surface area (Å²) in [6, 6.07) is 5.92. The van der Waals surface area contributed by atoms with E-state index in [9.17, 15) is 10.2 Å². The van der Waals surface area contributed by atoms with E-state index < -0.39 is 11.4 Å². The Kier molecular flexibility index (Phi) is 4.56. The molecule has 0 radical (unpaired) electrons. The van der Waals surface area contributed by atoms with Gasteiger partial charge in [0, 0.05) is 11.6 Å². The minimum atomic E-state index is -0.894. The zero-order chi connectivity index (χ0) is 22.5. The highest BCUT2D eigenvalue weighted by atomic mass is 16.8. The number of aliphatic hydroxyl groups is 2. The fraction of sp³-hybridized carbons (Fsp3) is 0.815. The highest BCUT2D eigenvalue weighted by Crippen LogP contribution is 2.71. The summed E-state index contributed by atoms with van der Waals surface area (Å²) < 4.78 is 13.3. The number of hydrogen-bond acceptors (Lipinski definition) is 5. The summed E-state index contributed by atoms with van der Waals surface area (Å²) in [5.74, 6) is 1.03. The number of nitrogens with zero attached hydrogens (tertiary/aromatic N) is 1. The Hall–Kier alpha value is -1.01. The minimum Gasteiger partial charge on any atom is -0.393 e. The molecule has 1 aromatic rings. The van der Waals surface area contributed by atoms with Crippen molar-refractivity contribution in [2.45, 2.75) is 102 Å². The SMILES string of the molecule is CC1(C)O[C@H]2[C@H](O1)C1[C@H](CC[C@@]3(C)[C@H]1CC[C@@]3(O)c1ccccn1)[C@@]1(C)CC[C@H](O)C[C@H]21. The van der Waals surface area contributed by atoms with Crippen LogP contribution in [-0.4, -0.2) is 39.3 Å². The number of hydrogen-bond donors (Lipinski definition) is 2. The van der Waals surface area contributed by atoms with Gasteiger partial charge >= 0.3 is 0 Å². The summed E-state index contributed by atoms with van der Waals surface area (Å²) >= 11 is 0. The van der Waals surface area contributed by atoms with Gasteiger partial charge in [0.2, 0.25) is 0 Å². The van der Waals surface area contributed by atoms with Crippen LogP contribution in [0.4, 0.5) is 0 Å². The standard InChI is InChI=1S/C27H39NO4/c1-24(2)31-22-19-15-16(29)8-11-25(19,3)17-9-12-26(4)18(21(17)23(22)32-24)10-13-27(26,30)20-7-5-6-14-28-20/h5-7,14,16-19,21-23,29-30H,8-13,15H2,1-4H3/t16-,17-,18-,19+,21?,22+,23+,25+,26-,27+/m0/s1. The van der Waals surface area contributed by atoms with Crippen LogP contribution in [0.2, 0.25) is 0 Å². The highest BCUT2D eigenvalue weighted by Gasteiger charge is 2.71. The molecule has 5 heteroatoms. The molecule has 6 rings (SSSR count). The zero-order valence-corrected chi connectivity index (χ0v) is 20.0. The predicted molar refractivity (Wildman–Crippen MR) is 120 cm³/mol. The molecule has 10 atom stereocenters. The molecule has 1 unspecified atom stereocenters. The third-order valence-corrected chi connectivity index (χ3v) is 10.7. The van der Waals surface area contributed by atoms with Gasteiger partial charge in [-0.25, -0.2) is 0 Å². The first-order valence-corrected chi connectivity index (χ1v) is 12.8. The Balaban J connectivity index is 1.43. The van der Waals surface area contributed by atoms with Crippen LogP contribution in [0.15, 0.2) is 24.4 Å². The molecule has 0 aromatic carbocycles. The quantitative estimate of drug-likeness (QED) is 0.675. The molecule has 0 spiro atoms. The van der Waals surface area contributed by atoms with Crippen LogP contribution >= 0.6 is 0 Å². The lowest BCUT2D eigenvalue weighted by Gasteiger charge is -2.63. The van der Waals surface area contributed by atoms with Gasteiger partial charge in [0.15, 0.2) is 5.79 Å². The van der Waals surface area contributed by atoms with E-state index in [0.717, 1.165) is 50.6 Å². The Morgan fingerprint density at radius 2 is 1.66 bits per heavy atom. The fourth-order valence-corrected chi connectivity index (χ4v) is 9.21. The van der Waals surface area contributed by atoms with Crippen molar-refractivity contribution in [2.24, 2.45) is 34.5 Å². The van der Waals surface area contributed by atoms with Crippen molar-refractivity contribution in [3.05, 3.63) is 30.1 Å². The number of rotatable bonds is 1. The van der Waals surface area contributed by atoms with E-state index in [-0.39, 0.29) is 29.1 Å². The highest BCUT2D eigenvalue weighted by molar-refractivity contribution is 5.25. The summed E-state index contributed by atoms with van der Waals surface area (Å²) in [4.78, 5) is 4.62. The average Bonchev–Trinajstić information content (AvgIpc) is 3.23. The molecule has 2 N–H and O–H groups in total. The number of fused-ring (bicyclic) bond motifs is 8. The maximum atomic E-state index is 12.1. The lowest BCUT2D eigenvalue weighted by molar-refractivity contribution is -0.206. The van der Waals surface area contributed by atoms with Crippen LogP contribution in [0.25, 0.3) is 0 Å². The molecule has 5 aliphatic rings. The maximum absolute atomic E-state index is 12.1. The molecule has 1 aromatic heterocycles. The van der Waals surface area contributed by atoms with Crippen molar-refractivity contribution in [3.63, 3.8) is 0 Å². The van der Waals surface area contributed by atoms with Gasteiger partial charge in [-0.1, -0.05) is 19.9 Å². The van der Waals surface area contributed by atoms with Gasteiger partial charge < -0.3 is 19.7 Å². The maximum Gasteiger partial charge on any atom is 0.163 e. The number of ether oxygens (including phenoxy) is 2. The largest absolute Gasteiger partial charge is 0.393 e. The molecule has 176 valence electrons. The van der Waals surface area contributed by atoms with Crippen LogP contribution < -0.4 is 0 Å². The van der Waals surface area contributed by atoms with E-state index in [0.29, 0.717) is 23.7 Å². The van der Waals surface area contributed by atoms with Crippen LogP contribution in [0, 0.1) is 34.5 Å². The molecule has 2 heterocycles. The number of pyridine rings is 1. The molecule has 5 fully saturated rings. The van der Waals surface area contributed by atoms with Gasteiger partial charge in [0.1, 0.15) is 5.60 Å². The first-order chi connectivity index (χ1) is 15.1. The van der Waals surface area contributed by atoms with Crippen LogP contribution in [0.1, 0.15) is 78.3 Å². The van der Waals surface area contributed by atoms with Gasteiger partial charge in [-0.05, 0) is 100 Å². The molecule has 0 amide bonds. The van der Waals surface area contributed by atoms with Crippen molar-refractivity contribution in [2.75, 3.05) is 0 Å². The van der Waals surface area contributed by atoms with E-state index >= 15 is 0 Å². The molecule has 1 saturated heterocycles. The lowest BCUT2D eigenvalue weighted by Crippen LogP contribution is -2.64. The van der Waals surface area contributed by atoms with E-state index in [1.54, 1.807) is 0 Å². The fourth-order valence-electron chi connectivity index (χ4n) is 9.21. The molecule has 5 nitrogen and oxygen atoms in total. The smallest absolute Gasteiger partial charge is 0.163 e. The molecular weight excluding hydrogens is 402 g/mol. The molecular formula is C27H39NO4. The molecule has 1 aliphatic heterocycles. The van der Waals surface area contributed by atoms with E-state index in [1.165, 1.54) is 0 Å². The first-order valence-electron chi connectivity index (χ1n) is 12.8. The first kappa shape index (κ1) is 21.5. The van der Waals surface area contributed by atoms with Crippen molar-refractivity contribution < 1.29 is 19.7 Å². The van der Waals surface area contributed by atoms with E-state index in [2.05, 4.69) is 18.8 Å². The van der Waals surface area contributed by atoms with Crippen LogP contribution in [0.3, 0.4) is 0 Å². The second-order valence-corrected chi connectivity index (χ2v) is 12.5. The number of aromatic nitrogens is 1. The van der Waals surface area contributed by atoms with Crippen LogP contribution in [-0.2, 0) is 15.1 Å². The molecule has 32 heavy (non-hydrogen) atoms. The average molecular weight is 442 g/mol. The Bertz CT molecular complexity index is 891. The van der Waals surface area contributed by atoms with Gasteiger partial charge in [0.25, 0.3) is 0 Å². The monoisotopic (exact) mass is 441 g/mol. The Morgan fingerprint density at radius 3 is 2.41 bits per heavy atom. The normalized spacial score (nSPS) is 53.8. The van der Waals surface area contributed by atoms with Gasteiger partial charge in [-0.15, -0.1) is 0 Å². The summed E-state index contributed by atoms with van der Waals surface area (Å²) in [5.41, 5.74) is -0.137.